The van der Waals surface area contributed by atoms with Crippen molar-refractivity contribution in [2.24, 2.45) is 17.6 Å². The lowest BCUT2D eigenvalue weighted by Gasteiger charge is -2.30. The van der Waals surface area contributed by atoms with Gasteiger partial charge in [-0.25, -0.2) is 4.79 Å². The highest BCUT2D eigenvalue weighted by Gasteiger charge is 2.48. The molecule has 18 heavy (non-hydrogen) atoms. The second-order valence-corrected chi connectivity index (χ2v) is 6.15. The minimum Gasteiger partial charge on any atom is -0.480 e. The largest absolute Gasteiger partial charge is 0.480 e. The highest BCUT2D eigenvalue weighted by Crippen LogP contribution is 2.45. The molecular formula is C12H20N2O3S. The minimum absolute atomic E-state index is 0.0548. The number of amides is 1. The number of carbonyl (C=O) groups excluding carboxylic acids is 1. The molecule has 0 spiro atoms. The van der Waals surface area contributed by atoms with Crippen molar-refractivity contribution < 1.29 is 14.7 Å². The predicted molar refractivity (Wildman–Crippen MR) is 70.1 cm³/mol. The normalized spacial score (nSPS) is 29.3. The highest BCUT2D eigenvalue weighted by molar-refractivity contribution is 8.00. The van der Waals surface area contributed by atoms with Crippen molar-refractivity contribution in [3.8, 4) is 0 Å². The summed E-state index contributed by atoms with van der Waals surface area (Å²) in [6.45, 7) is 2.21. The van der Waals surface area contributed by atoms with Crippen molar-refractivity contribution in [3.63, 3.8) is 0 Å². The van der Waals surface area contributed by atoms with Gasteiger partial charge in [0.05, 0.1) is 11.3 Å². The molecule has 1 amide bonds. The van der Waals surface area contributed by atoms with Crippen LogP contribution in [0.4, 0.5) is 0 Å². The van der Waals surface area contributed by atoms with Crippen molar-refractivity contribution in [2.75, 3.05) is 12.3 Å². The molecule has 0 bridgehead atoms. The Morgan fingerprint density at radius 1 is 1.50 bits per heavy atom. The van der Waals surface area contributed by atoms with Gasteiger partial charge in [0.1, 0.15) is 6.04 Å². The summed E-state index contributed by atoms with van der Waals surface area (Å²) in [7, 11) is 0. The first-order valence-corrected chi connectivity index (χ1v) is 7.51. The summed E-state index contributed by atoms with van der Waals surface area (Å²) in [5.41, 5.74) is 5.61. The Bertz CT molecular complexity index is 342. The molecule has 1 saturated carbocycles. The number of hydrogen-bond donors (Lipinski definition) is 2. The molecule has 3 atom stereocenters. The molecule has 5 nitrogen and oxygen atoms in total. The van der Waals surface area contributed by atoms with Gasteiger partial charge >= 0.3 is 5.97 Å². The van der Waals surface area contributed by atoms with E-state index in [0.29, 0.717) is 24.6 Å². The molecule has 2 rings (SSSR count). The minimum atomic E-state index is -0.897. The van der Waals surface area contributed by atoms with E-state index < -0.39 is 12.0 Å². The van der Waals surface area contributed by atoms with Gasteiger partial charge in [0, 0.05) is 12.3 Å². The summed E-state index contributed by atoms with van der Waals surface area (Å²) in [6, 6.07) is -0.673. The molecule has 1 saturated heterocycles. The van der Waals surface area contributed by atoms with Crippen LogP contribution in [0.5, 0.6) is 0 Å². The number of carboxylic acids is 1. The number of nitrogens with two attached hydrogens (primary N) is 1. The summed E-state index contributed by atoms with van der Waals surface area (Å²) < 4.78 is 0. The van der Waals surface area contributed by atoms with Crippen LogP contribution in [0.25, 0.3) is 0 Å². The third-order valence-corrected chi connectivity index (χ3v) is 5.19. The maximum absolute atomic E-state index is 12.4. The molecule has 0 aromatic heterocycles. The maximum atomic E-state index is 12.4. The van der Waals surface area contributed by atoms with Crippen LogP contribution in [0.3, 0.4) is 0 Å². The fraction of sp³-hybridized carbons (Fsp3) is 0.833. The SMILES string of the molecule is CCC(CN)C(=O)N1C(C(=O)O)CSC1C1CC1. The van der Waals surface area contributed by atoms with Gasteiger partial charge < -0.3 is 15.7 Å². The number of carbonyl (C=O) groups is 2. The van der Waals surface area contributed by atoms with Gasteiger partial charge in [-0.05, 0) is 25.2 Å². The topological polar surface area (TPSA) is 83.6 Å². The van der Waals surface area contributed by atoms with Gasteiger partial charge in [-0.2, -0.15) is 0 Å². The van der Waals surface area contributed by atoms with E-state index in [0.717, 1.165) is 12.8 Å². The zero-order chi connectivity index (χ0) is 13.3. The third-order valence-electron chi connectivity index (χ3n) is 3.73. The molecule has 102 valence electrons. The predicted octanol–water partition coefficient (Wildman–Crippen LogP) is 0.736. The summed E-state index contributed by atoms with van der Waals surface area (Å²) in [6.07, 6.45) is 2.88. The molecule has 0 radical (unpaired) electrons. The van der Waals surface area contributed by atoms with Crippen molar-refractivity contribution >= 4 is 23.6 Å². The van der Waals surface area contributed by atoms with Crippen molar-refractivity contribution in [1.82, 2.24) is 4.90 Å². The van der Waals surface area contributed by atoms with E-state index in [-0.39, 0.29) is 17.2 Å². The van der Waals surface area contributed by atoms with Crippen LogP contribution < -0.4 is 5.73 Å². The van der Waals surface area contributed by atoms with Gasteiger partial charge in [-0.15, -0.1) is 11.8 Å². The van der Waals surface area contributed by atoms with Crippen LogP contribution in [0, 0.1) is 11.8 Å². The lowest BCUT2D eigenvalue weighted by Crippen LogP contribution is -2.49. The van der Waals surface area contributed by atoms with E-state index in [2.05, 4.69) is 0 Å². The van der Waals surface area contributed by atoms with E-state index in [9.17, 15) is 14.7 Å². The van der Waals surface area contributed by atoms with E-state index in [4.69, 9.17) is 5.73 Å². The standard InChI is InChI=1S/C12H20N2O3S/c1-2-7(5-13)10(15)14-9(12(16)17)6-18-11(14)8-3-4-8/h7-9,11H,2-6,13H2,1H3,(H,16,17). The highest BCUT2D eigenvalue weighted by atomic mass is 32.2. The maximum Gasteiger partial charge on any atom is 0.327 e. The first-order valence-electron chi connectivity index (χ1n) is 6.46. The molecule has 3 unspecified atom stereocenters. The van der Waals surface area contributed by atoms with Gasteiger partial charge in [-0.3, -0.25) is 4.79 Å². The number of nitrogens with zero attached hydrogens (tertiary/aromatic N) is 1. The van der Waals surface area contributed by atoms with E-state index in [1.807, 2.05) is 6.92 Å². The monoisotopic (exact) mass is 272 g/mol. The molecule has 1 aliphatic carbocycles. The van der Waals surface area contributed by atoms with Crippen LogP contribution in [0.15, 0.2) is 0 Å². The van der Waals surface area contributed by atoms with Crippen LogP contribution in [-0.2, 0) is 9.59 Å². The molecule has 1 heterocycles. The Balaban J connectivity index is 2.17. The first kappa shape index (κ1) is 13.7. The average Bonchev–Trinajstić information content (AvgIpc) is 3.08. The Kier molecular flexibility index (Phi) is 4.17. The molecule has 2 aliphatic rings. The molecule has 0 aromatic rings. The lowest BCUT2D eigenvalue weighted by atomic mass is 10.0. The molecule has 3 N–H and O–H groups in total. The van der Waals surface area contributed by atoms with Crippen molar-refractivity contribution in [2.45, 2.75) is 37.6 Å². The Morgan fingerprint density at radius 3 is 2.61 bits per heavy atom. The number of hydrogen-bond acceptors (Lipinski definition) is 4. The van der Waals surface area contributed by atoms with Crippen LogP contribution >= 0.6 is 11.8 Å². The molecule has 0 aromatic carbocycles. The van der Waals surface area contributed by atoms with Crippen molar-refractivity contribution in [1.29, 1.82) is 0 Å². The molecule has 6 heteroatoms. The van der Waals surface area contributed by atoms with E-state index in [1.54, 1.807) is 16.7 Å². The average molecular weight is 272 g/mol. The molecule has 1 aliphatic heterocycles. The zero-order valence-corrected chi connectivity index (χ0v) is 11.4. The fourth-order valence-corrected chi connectivity index (χ4v) is 4.03. The zero-order valence-electron chi connectivity index (χ0n) is 10.5. The fourth-order valence-electron chi connectivity index (χ4n) is 2.39. The number of carboxylic acid groups (broad SMARTS) is 1. The summed E-state index contributed by atoms with van der Waals surface area (Å²) in [4.78, 5) is 25.3. The third kappa shape index (κ3) is 2.49. The quantitative estimate of drug-likeness (QED) is 0.771. The second-order valence-electron chi connectivity index (χ2n) is 5.00. The van der Waals surface area contributed by atoms with E-state index >= 15 is 0 Å². The molecular weight excluding hydrogens is 252 g/mol. The van der Waals surface area contributed by atoms with Gasteiger partial charge in [-0.1, -0.05) is 6.92 Å². The van der Waals surface area contributed by atoms with Crippen LogP contribution in [0.1, 0.15) is 26.2 Å². The van der Waals surface area contributed by atoms with E-state index in [1.165, 1.54) is 0 Å². The number of aliphatic carboxylic acids is 1. The summed E-state index contributed by atoms with van der Waals surface area (Å²) in [5.74, 6) is -0.228. The Labute approximate surface area is 111 Å². The smallest absolute Gasteiger partial charge is 0.327 e. The lowest BCUT2D eigenvalue weighted by molar-refractivity contribution is -0.151. The summed E-state index contributed by atoms with van der Waals surface area (Å²) in [5, 5.41) is 9.30. The summed E-state index contributed by atoms with van der Waals surface area (Å²) >= 11 is 1.61. The Morgan fingerprint density at radius 2 is 2.17 bits per heavy atom. The number of thioether (sulfide) groups is 1. The van der Waals surface area contributed by atoms with Crippen LogP contribution in [0.2, 0.25) is 0 Å². The van der Waals surface area contributed by atoms with Crippen molar-refractivity contribution in [3.05, 3.63) is 0 Å². The van der Waals surface area contributed by atoms with Gasteiger partial charge in [0.2, 0.25) is 5.91 Å². The van der Waals surface area contributed by atoms with Crippen LogP contribution in [-0.4, -0.2) is 45.6 Å². The first-order chi connectivity index (χ1) is 8.60. The Hall–Kier alpha value is -0.750. The second kappa shape index (κ2) is 5.48. The molecule has 2 fully saturated rings. The van der Waals surface area contributed by atoms with Gasteiger partial charge in [0.15, 0.2) is 0 Å². The number of rotatable bonds is 5. The van der Waals surface area contributed by atoms with Gasteiger partial charge in [0.25, 0.3) is 0 Å².